The summed E-state index contributed by atoms with van der Waals surface area (Å²) in [5.74, 6) is -0.738. The van der Waals surface area contributed by atoms with E-state index in [4.69, 9.17) is 4.42 Å². The van der Waals surface area contributed by atoms with Crippen molar-refractivity contribution < 1.29 is 14.3 Å². The lowest BCUT2D eigenvalue weighted by molar-refractivity contribution is -0.109. The molecule has 1 aliphatic rings. The van der Waals surface area contributed by atoms with Gasteiger partial charge in [-0.3, -0.25) is 9.59 Å². The Balaban J connectivity index is 1.78. The number of hydrogen-bond donors (Lipinski definition) is 1. The molecule has 0 radical (unpaired) electrons. The van der Waals surface area contributed by atoms with Crippen molar-refractivity contribution in [1.29, 1.82) is 0 Å². The van der Waals surface area contributed by atoms with Crippen molar-refractivity contribution in [3.8, 4) is 11.1 Å². The van der Waals surface area contributed by atoms with Crippen LogP contribution in [0.15, 0.2) is 100 Å². The lowest BCUT2D eigenvalue weighted by atomic mass is 9.85. The lowest BCUT2D eigenvalue weighted by Gasteiger charge is -2.23. The van der Waals surface area contributed by atoms with Gasteiger partial charge in [-0.1, -0.05) is 72.3 Å². The number of nitrogens with zero attached hydrogens (tertiary/aromatic N) is 1. The van der Waals surface area contributed by atoms with Crippen molar-refractivity contribution in [2.45, 2.75) is 20.8 Å². The van der Waals surface area contributed by atoms with E-state index < -0.39 is 11.2 Å². The van der Waals surface area contributed by atoms with Crippen molar-refractivity contribution in [2.24, 2.45) is 0 Å². The SMILES string of the molecule is CCN(CC)c1ccc(/C(=C2/C(=O)C=C(O)c3c2occ(-c2ccccc2)c3=O)c2ccc(C)cc2)cc1. The van der Waals surface area contributed by atoms with Crippen LogP contribution in [-0.4, -0.2) is 24.0 Å². The minimum absolute atomic E-state index is 0.00896. The summed E-state index contributed by atoms with van der Waals surface area (Å²) < 4.78 is 6.03. The fraction of sp³-hybridized carbons (Fsp3) is 0.152. The molecule has 0 spiro atoms. The van der Waals surface area contributed by atoms with Crippen LogP contribution >= 0.6 is 0 Å². The second kappa shape index (κ2) is 10.4. The third-order valence-corrected chi connectivity index (χ3v) is 6.95. The predicted molar refractivity (Wildman–Crippen MR) is 153 cm³/mol. The number of carbonyl (C=O) groups excluding carboxylic acids is 1. The molecule has 5 nitrogen and oxygen atoms in total. The molecule has 190 valence electrons. The Kier molecular flexibility index (Phi) is 6.84. The monoisotopic (exact) mass is 503 g/mol. The van der Waals surface area contributed by atoms with Crippen molar-refractivity contribution in [3.05, 3.63) is 129 Å². The Labute approximate surface area is 222 Å². The summed E-state index contributed by atoms with van der Waals surface area (Å²) >= 11 is 0. The maximum atomic E-state index is 13.6. The molecule has 38 heavy (non-hydrogen) atoms. The molecule has 3 aromatic carbocycles. The Morgan fingerprint density at radius 3 is 2.05 bits per heavy atom. The van der Waals surface area contributed by atoms with E-state index in [1.807, 2.05) is 73.7 Å². The molecule has 4 aromatic rings. The van der Waals surface area contributed by atoms with Crippen LogP contribution in [0.2, 0.25) is 0 Å². The molecule has 5 rings (SSSR count). The Bertz CT molecular complexity index is 1600. The lowest BCUT2D eigenvalue weighted by Crippen LogP contribution is -2.21. The van der Waals surface area contributed by atoms with E-state index in [1.54, 1.807) is 12.1 Å². The van der Waals surface area contributed by atoms with E-state index in [0.717, 1.165) is 41.5 Å². The number of rotatable bonds is 6. The van der Waals surface area contributed by atoms with Crippen LogP contribution < -0.4 is 10.3 Å². The Morgan fingerprint density at radius 1 is 0.842 bits per heavy atom. The number of anilines is 1. The zero-order valence-corrected chi connectivity index (χ0v) is 21.7. The standard InChI is InChI=1S/C33H29NO4/c1-4-34(5-2)25-17-15-24(16-18-25)29(23-13-11-21(3)12-14-23)30-27(35)19-28(36)31-32(37)26(20-38-33(30)31)22-9-7-6-8-10-22/h6-20,36H,4-5H2,1-3H3/b30-29-. The number of carbonyl (C=O) groups is 1. The highest BCUT2D eigenvalue weighted by atomic mass is 16.3. The van der Waals surface area contributed by atoms with E-state index in [2.05, 4.69) is 18.7 Å². The molecule has 0 aliphatic heterocycles. The number of aliphatic hydroxyl groups excluding tert-OH is 1. The fourth-order valence-corrected chi connectivity index (χ4v) is 4.92. The normalized spacial score (nSPS) is 14.1. The van der Waals surface area contributed by atoms with Gasteiger partial charge in [-0.05, 0) is 49.6 Å². The predicted octanol–water partition coefficient (Wildman–Crippen LogP) is 6.90. The van der Waals surface area contributed by atoms with Gasteiger partial charge in [0.2, 0.25) is 5.43 Å². The van der Waals surface area contributed by atoms with Gasteiger partial charge < -0.3 is 14.4 Å². The molecule has 0 amide bonds. The fourth-order valence-electron chi connectivity index (χ4n) is 4.92. The maximum absolute atomic E-state index is 13.6. The Morgan fingerprint density at radius 2 is 1.45 bits per heavy atom. The first kappa shape index (κ1) is 25.0. The topological polar surface area (TPSA) is 70.8 Å². The second-order valence-electron chi connectivity index (χ2n) is 9.28. The van der Waals surface area contributed by atoms with Crippen molar-refractivity contribution in [1.82, 2.24) is 0 Å². The number of allylic oxidation sites excluding steroid dienone is 2. The molecule has 0 bridgehead atoms. The van der Waals surface area contributed by atoms with Gasteiger partial charge in [0.25, 0.3) is 0 Å². The summed E-state index contributed by atoms with van der Waals surface area (Å²) in [5, 5.41) is 10.8. The third kappa shape index (κ3) is 4.48. The van der Waals surface area contributed by atoms with E-state index >= 15 is 0 Å². The zero-order valence-electron chi connectivity index (χ0n) is 21.7. The van der Waals surface area contributed by atoms with E-state index in [-0.39, 0.29) is 22.7 Å². The largest absolute Gasteiger partial charge is 0.507 e. The molecule has 0 unspecified atom stereocenters. The van der Waals surface area contributed by atoms with E-state index in [1.165, 1.54) is 6.26 Å². The highest BCUT2D eigenvalue weighted by Crippen LogP contribution is 2.39. The molecule has 1 heterocycles. The summed E-state index contributed by atoms with van der Waals surface area (Å²) in [5.41, 5.74) is 5.26. The van der Waals surface area contributed by atoms with Crippen LogP contribution in [0, 0.1) is 6.92 Å². The molecule has 0 saturated carbocycles. The summed E-state index contributed by atoms with van der Waals surface area (Å²) in [4.78, 5) is 29.3. The summed E-state index contributed by atoms with van der Waals surface area (Å²) in [6.07, 6.45) is 2.49. The summed E-state index contributed by atoms with van der Waals surface area (Å²) in [6.45, 7) is 7.99. The van der Waals surface area contributed by atoms with E-state index in [0.29, 0.717) is 16.7 Å². The third-order valence-electron chi connectivity index (χ3n) is 6.95. The zero-order chi connectivity index (χ0) is 26.8. The van der Waals surface area contributed by atoms with Crippen LogP contribution in [0.4, 0.5) is 5.69 Å². The molecular weight excluding hydrogens is 474 g/mol. The van der Waals surface area contributed by atoms with Gasteiger partial charge >= 0.3 is 0 Å². The molecule has 0 atom stereocenters. The van der Waals surface area contributed by atoms with Crippen molar-refractivity contribution in [2.75, 3.05) is 18.0 Å². The second-order valence-corrected chi connectivity index (χ2v) is 9.28. The van der Waals surface area contributed by atoms with Crippen LogP contribution in [0.1, 0.15) is 41.9 Å². The van der Waals surface area contributed by atoms with Gasteiger partial charge in [0.05, 0.1) is 11.1 Å². The van der Waals surface area contributed by atoms with Gasteiger partial charge in [0.1, 0.15) is 17.6 Å². The van der Waals surface area contributed by atoms with Gasteiger partial charge in [-0.2, -0.15) is 0 Å². The van der Waals surface area contributed by atoms with Crippen LogP contribution in [0.3, 0.4) is 0 Å². The molecule has 1 aliphatic carbocycles. The van der Waals surface area contributed by atoms with Gasteiger partial charge in [0.15, 0.2) is 11.5 Å². The highest BCUT2D eigenvalue weighted by molar-refractivity contribution is 6.36. The van der Waals surface area contributed by atoms with Crippen molar-refractivity contribution in [3.63, 3.8) is 0 Å². The van der Waals surface area contributed by atoms with Crippen LogP contribution in [0.25, 0.3) is 28.0 Å². The van der Waals surface area contributed by atoms with Crippen molar-refractivity contribution >= 4 is 28.4 Å². The number of aryl methyl sites for hydroxylation is 1. The number of ketones is 1. The molecule has 5 heteroatoms. The molecule has 0 saturated heterocycles. The number of hydrogen-bond acceptors (Lipinski definition) is 5. The molecular formula is C33H29NO4. The highest BCUT2D eigenvalue weighted by Gasteiger charge is 2.32. The summed E-state index contributed by atoms with van der Waals surface area (Å²) in [6, 6.07) is 25.0. The number of aliphatic hydroxyl groups is 1. The molecule has 1 N–H and O–H groups in total. The average molecular weight is 504 g/mol. The number of benzene rings is 3. The number of fused-ring (bicyclic) bond motifs is 1. The molecule has 0 fully saturated rings. The minimum atomic E-state index is -0.422. The van der Waals surface area contributed by atoms with E-state index in [9.17, 15) is 14.7 Å². The first-order valence-electron chi connectivity index (χ1n) is 12.8. The van der Waals surface area contributed by atoms with Gasteiger partial charge in [0, 0.05) is 30.4 Å². The average Bonchev–Trinajstić information content (AvgIpc) is 2.93. The first-order chi connectivity index (χ1) is 18.4. The van der Waals surface area contributed by atoms with Crippen LogP contribution in [0.5, 0.6) is 0 Å². The Hall–Kier alpha value is -4.64. The van der Waals surface area contributed by atoms with Gasteiger partial charge in [-0.15, -0.1) is 0 Å². The molecule has 1 aromatic heterocycles. The van der Waals surface area contributed by atoms with Crippen LogP contribution in [-0.2, 0) is 4.79 Å². The first-order valence-corrected chi connectivity index (χ1v) is 12.8. The maximum Gasteiger partial charge on any atom is 0.204 e. The smallest absolute Gasteiger partial charge is 0.204 e. The quantitative estimate of drug-likeness (QED) is 0.290. The summed E-state index contributed by atoms with van der Waals surface area (Å²) in [7, 11) is 0. The minimum Gasteiger partial charge on any atom is -0.507 e. The van der Waals surface area contributed by atoms with Gasteiger partial charge in [-0.25, -0.2) is 0 Å².